The van der Waals surface area contributed by atoms with Crippen LogP contribution >= 0.6 is 0 Å². The van der Waals surface area contributed by atoms with Crippen molar-refractivity contribution in [3.05, 3.63) is 58.9 Å². The summed E-state index contributed by atoms with van der Waals surface area (Å²) in [6.45, 7) is 14.6. The lowest BCUT2D eigenvalue weighted by molar-refractivity contribution is -0.164. The van der Waals surface area contributed by atoms with Gasteiger partial charge in [0.1, 0.15) is 17.5 Å². The van der Waals surface area contributed by atoms with Crippen molar-refractivity contribution >= 4 is 5.91 Å². The van der Waals surface area contributed by atoms with Crippen LogP contribution in [0.15, 0.2) is 36.5 Å². The van der Waals surface area contributed by atoms with Crippen LogP contribution in [-0.4, -0.2) is 23.0 Å². The van der Waals surface area contributed by atoms with Crippen LogP contribution in [0.1, 0.15) is 74.6 Å². The highest BCUT2D eigenvalue weighted by atomic mass is 16.5. The quantitative estimate of drug-likeness (QED) is 0.760. The van der Waals surface area contributed by atoms with Gasteiger partial charge in [0.05, 0.1) is 11.6 Å². The summed E-state index contributed by atoms with van der Waals surface area (Å²) in [5, 5.41) is 12.3. The van der Waals surface area contributed by atoms with Crippen LogP contribution in [0.4, 0.5) is 0 Å². The maximum atomic E-state index is 12.8. The van der Waals surface area contributed by atoms with E-state index in [9.17, 15) is 4.79 Å². The van der Waals surface area contributed by atoms with E-state index in [-0.39, 0.29) is 28.9 Å². The first-order valence-electron chi connectivity index (χ1n) is 10.4. The Balaban J connectivity index is 1.74. The van der Waals surface area contributed by atoms with Crippen LogP contribution in [0.25, 0.3) is 0 Å². The summed E-state index contributed by atoms with van der Waals surface area (Å²) in [6.07, 6.45) is 1.69. The number of carbonyl (C=O) groups is 1. The minimum absolute atomic E-state index is 0.0615. The lowest BCUT2D eigenvalue weighted by atomic mass is 9.49. The van der Waals surface area contributed by atoms with Crippen molar-refractivity contribution in [2.45, 2.75) is 66.5 Å². The van der Waals surface area contributed by atoms with Gasteiger partial charge in [0.15, 0.2) is 0 Å². The molecule has 0 radical (unpaired) electrons. The number of aromatic nitrogens is 1. The fraction of sp³-hybridized carbons (Fsp3) is 0.480. The minimum atomic E-state index is -0.265. The Hall–Kier alpha value is -2.87. The molecule has 0 aliphatic heterocycles. The molecule has 0 bridgehead atoms. The van der Waals surface area contributed by atoms with Gasteiger partial charge in [-0.2, -0.15) is 5.26 Å². The van der Waals surface area contributed by atoms with Gasteiger partial charge in [0, 0.05) is 23.1 Å². The summed E-state index contributed by atoms with van der Waals surface area (Å²) in [5.74, 6) is 0.959. The number of nitriles is 1. The molecule has 0 saturated heterocycles. The minimum Gasteiger partial charge on any atom is -0.489 e. The Morgan fingerprint density at radius 1 is 1.17 bits per heavy atom. The molecule has 1 fully saturated rings. The fourth-order valence-corrected chi connectivity index (χ4v) is 4.86. The maximum absolute atomic E-state index is 12.8. The van der Waals surface area contributed by atoms with Gasteiger partial charge in [0.2, 0.25) is 0 Å². The number of amides is 1. The van der Waals surface area contributed by atoms with E-state index in [0.717, 1.165) is 16.9 Å². The van der Waals surface area contributed by atoms with E-state index in [4.69, 9.17) is 10.00 Å². The van der Waals surface area contributed by atoms with Crippen molar-refractivity contribution in [2.24, 2.45) is 10.8 Å². The van der Waals surface area contributed by atoms with Crippen molar-refractivity contribution in [1.82, 2.24) is 10.3 Å². The smallest absolute Gasteiger partial charge is 0.270 e. The zero-order valence-corrected chi connectivity index (χ0v) is 18.9. The fourth-order valence-electron chi connectivity index (χ4n) is 4.86. The monoisotopic (exact) mass is 405 g/mol. The highest BCUT2D eigenvalue weighted by molar-refractivity contribution is 5.92. The summed E-state index contributed by atoms with van der Waals surface area (Å²) in [7, 11) is 0. The van der Waals surface area contributed by atoms with Gasteiger partial charge in [-0.25, -0.2) is 0 Å². The average molecular weight is 406 g/mol. The number of benzene rings is 1. The zero-order chi connectivity index (χ0) is 22.3. The molecular weight excluding hydrogens is 374 g/mol. The van der Waals surface area contributed by atoms with Crippen molar-refractivity contribution in [3.63, 3.8) is 0 Å². The Bertz CT molecular complexity index is 968. The van der Waals surface area contributed by atoms with E-state index in [0.29, 0.717) is 17.2 Å². The molecule has 1 N–H and O–H groups in total. The molecule has 1 aromatic carbocycles. The molecule has 1 aliphatic carbocycles. The van der Waals surface area contributed by atoms with Gasteiger partial charge in [-0.15, -0.1) is 0 Å². The SMILES string of the molecule is Cc1cc(OC2C(C)(C)C(NC(=O)c3ccc(C(C)C)cn3)C2(C)C)ccc1C#N. The third-order valence-corrected chi connectivity index (χ3v) is 6.37. The largest absolute Gasteiger partial charge is 0.489 e. The molecule has 5 nitrogen and oxygen atoms in total. The van der Waals surface area contributed by atoms with Crippen molar-refractivity contribution in [3.8, 4) is 11.8 Å². The number of hydrogen-bond acceptors (Lipinski definition) is 4. The second-order valence-electron chi connectivity index (χ2n) is 9.77. The molecule has 5 heteroatoms. The third kappa shape index (κ3) is 3.79. The Morgan fingerprint density at radius 2 is 1.83 bits per heavy atom. The average Bonchev–Trinajstić information content (AvgIpc) is 2.69. The van der Waals surface area contributed by atoms with Gasteiger partial charge < -0.3 is 10.1 Å². The molecule has 3 rings (SSSR count). The molecule has 0 unspecified atom stereocenters. The normalized spacial score (nSPS) is 21.4. The molecule has 1 aromatic heterocycles. The van der Waals surface area contributed by atoms with Crippen molar-refractivity contribution in [1.29, 1.82) is 5.26 Å². The number of ether oxygens (including phenoxy) is 1. The zero-order valence-electron chi connectivity index (χ0n) is 18.9. The predicted octanol–water partition coefficient (Wildman–Crippen LogP) is 5.00. The van der Waals surface area contributed by atoms with Gasteiger partial charge in [-0.3, -0.25) is 9.78 Å². The number of nitrogens with one attached hydrogen (secondary N) is 1. The van der Waals surface area contributed by atoms with Crippen LogP contribution in [-0.2, 0) is 0 Å². The molecule has 1 amide bonds. The number of carbonyl (C=O) groups excluding carboxylic acids is 1. The second-order valence-corrected chi connectivity index (χ2v) is 9.77. The highest BCUT2D eigenvalue weighted by Crippen LogP contribution is 2.55. The second kappa shape index (κ2) is 7.75. The Kier molecular flexibility index (Phi) is 5.64. The first-order valence-corrected chi connectivity index (χ1v) is 10.4. The van der Waals surface area contributed by atoms with Crippen LogP contribution in [0.3, 0.4) is 0 Å². The van der Waals surface area contributed by atoms with Crippen LogP contribution in [0.2, 0.25) is 0 Å². The highest BCUT2D eigenvalue weighted by Gasteiger charge is 2.64. The molecule has 1 saturated carbocycles. The first kappa shape index (κ1) is 21.8. The van der Waals surface area contributed by atoms with E-state index < -0.39 is 0 Å². The summed E-state index contributed by atoms with van der Waals surface area (Å²) in [5.41, 5.74) is 2.55. The van der Waals surface area contributed by atoms with Crippen LogP contribution in [0, 0.1) is 29.1 Å². The number of aryl methyl sites for hydroxylation is 1. The Labute approximate surface area is 179 Å². The summed E-state index contributed by atoms with van der Waals surface area (Å²) >= 11 is 0. The van der Waals surface area contributed by atoms with Crippen molar-refractivity contribution in [2.75, 3.05) is 0 Å². The number of hydrogen-bond donors (Lipinski definition) is 1. The number of nitrogens with zero attached hydrogens (tertiary/aromatic N) is 2. The van der Waals surface area contributed by atoms with Gasteiger partial charge in [0.25, 0.3) is 5.91 Å². The van der Waals surface area contributed by atoms with Gasteiger partial charge in [-0.05, 0) is 48.2 Å². The van der Waals surface area contributed by atoms with E-state index in [1.807, 2.05) is 25.1 Å². The number of pyridine rings is 1. The van der Waals surface area contributed by atoms with Gasteiger partial charge in [-0.1, -0.05) is 47.6 Å². The van der Waals surface area contributed by atoms with E-state index in [1.165, 1.54) is 0 Å². The van der Waals surface area contributed by atoms with Gasteiger partial charge >= 0.3 is 0 Å². The molecule has 1 aliphatic rings. The summed E-state index contributed by atoms with van der Waals surface area (Å²) < 4.78 is 6.34. The summed E-state index contributed by atoms with van der Waals surface area (Å²) in [6, 6.07) is 11.4. The molecule has 0 spiro atoms. The van der Waals surface area contributed by atoms with Crippen LogP contribution in [0.5, 0.6) is 5.75 Å². The van der Waals surface area contributed by atoms with Crippen LogP contribution < -0.4 is 10.1 Å². The predicted molar refractivity (Wildman–Crippen MR) is 117 cm³/mol. The topological polar surface area (TPSA) is 75.0 Å². The van der Waals surface area contributed by atoms with E-state index in [2.05, 4.69) is 57.9 Å². The molecular formula is C25H31N3O2. The molecule has 0 atom stereocenters. The summed E-state index contributed by atoms with van der Waals surface area (Å²) in [4.78, 5) is 17.2. The lowest BCUT2D eigenvalue weighted by Gasteiger charge is -2.63. The lowest BCUT2D eigenvalue weighted by Crippen LogP contribution is -2.74. The maximum Gasteiger partial charge on any atom is 0.270 e. The third-order valence-electron chi connectivity index (χ3n) is 6.37. The molecule has 158 valence electrons. The molecule has 2 aromatic rings. The Morgan fingerprint density at radius 3 is 2.33 bits per heavy atom. The number of rotatable bonds is 5. The van der Waals surface area contributed by atoms with E-state index in [1.54, 1.807) is 18.3 Å². The first-order chi connectivity index (χ1) is 14.0. The standard InChI is InChI=1S/C25H31N3O2/c1-15(2)18-9-11-20(27-14-18)21(29)28-22-24(4,5)23(25(22,6)7)30-19-10-8-17(13-26)16(3)12-19/h8-12,14-15,22-23H,1-7H3,(H,28,29). The molecule has 30 heavy (non-hydrogen) atoms. The van der Waals surface area contributed by atoms with E-state index >= 15 is 0 Å². The van der Waals surface area contributed by atoms with Crippen molar-refractivity contribution < 1.29 is 9.53 Å². The molecule has 1 heterocycles.